The van der Waals surface area contributed by atoms with Crippen molar-refractivity contribution in [2.24, 2.45) is 0 Å². The number of carbonyl (C=O) groups excluding carboxylic acids is 1. The molecule has 1 amide bonds. The average molecular weight is 306 g/mol. The van der Waals surface area contributed by atoms with Crippen molar-refractivity contribution < 1.29 is 9.53 Å². The standard InChI is InChI=1S/C19H18N2O2/c22-19(20-12-15-23-18-6-2-1-3-7-18)16-8-10-17(11-9-16)21-13-4-5-14-21/h1-11,13-14H,12,15H2,(H,20,22). The maximum absolute atomic E-state index is 12.1. The number of para-hydroxylation sites is 1. The largest absolute Gasteiger partial charge is 0.492 e. The van der Waals surface area contributed by atoms with E-state index < -0.39 is 0 Å². The molecule has 0 aliphatic carbocycles. The van der Waals surface area contributed by atoms with Gasteiger partial charge in [-0.25, -0.2) is 0 Å². The molecule has 23 heavy (non-hydrogen) atoms. The Morgan fingerprint density at radius 2 is 1.61 bits per heavy atom. The van der Waals surface area contributed by atoms with E-state index in [1.165, 1.54) is 0 Å². The molecule has 0 spiro atoms. The Hall–Kier alpha value is -3.01. The van der Waals surface area contributed by atoms with Crippen LogP contribution in [0.15, 0.2) is 79.1 Å². The van der Waals surface area contributed by atoms with E-state index >= 15 is 0 Å². The highest BCUT2D eigenvalue weighted by Crippen LogP contribution is 2.10. The van der Waals surface area contributed by atoms with Crippen LogP contribution >= 0.6 is 0 Å². The molecule has 0 unspecified atom stereocenters. The molecule has 0 fully saturated rings. The van der Waals surface area contributed by atoms with E-state index in [0.717, 1.165) is 11.4 Å². The van der Waals surface area contributed by atoms with Crippen molar-refractivity contribution in [1.82, 2.24) is 9.88 Å². The van der Waals surface area contributed by atoms with E-state index in [4.69, 9.17) is 4.74 Å². The summed E-state index contributed by atoms with van der Waals surface area (Å²) in [5.74, 6) is 0.707. The highest BCUT2D eigenvalue weighted by Gasteiger charge is 2.05. The summed E-state index contributed by atoms with van der Waals surface area (Å²) >= 11 is 0. The van der Waals surface area contributed by atoms with Gasteiger partial charge >= 0.3 is 0 Å². The number of ether oxygens (including phenoxy) is 1. The smallest absolute Gasteiger partial charge is 0.251 e. The van der Waals surface area contributed by atoms with Gasteiger partial charge in [0.2, 0.25) is 0 Å². The molecule has 0 atom stereocenters. The second-order valence-corrected chi connectivity index (χ2v) is 5.05. The van der Waals surface area contributed by atoms with Crippen molar-refractivity contribution in [3.05, 3.63) is 84.7 Å². The zero-order valence-corrected chi connectivity index (χ0v) is 12.7. The van der Waals surface area contributed by atoms with E-state index in [2.05, 4.69) is 5.32 Å². The van der Waals surface area contributed by atoms with Crippen molar-refractivity contribution in [3.8, 4) is 11.4 Å². The van der Waals surface area contributed by atoms with E-state index in [9.17, 15) is 4.79 Å². The lowest BCUT2D eigenvalue weighted by Crippen LogP contribution is -2.28. The zero-order chi connectivity index (χ0) is 15.9. The summed E-state index contributed by atoms with van der Waals surface area (Å²) in [6.45, 7) is 0.907. The van der Waals surface area contributed by atoms with Crippen molar-refractivity contribution in [3.63, 3.8) is 0 Å². The van der Waals surface area contributed by atoms with E-state index in [0.29, 0.717) is 18.7 Å². The first-order valence-corrected chi connectivity index (χ1v) is 7.52. The maximum atomic E-state index is 12.1. The fourth-order valence-electron chi connectivity index (χ4n) is 2.24. The number of rotatable bonds is 6. The molecule has 4 nitrogen and oxygen atoms in total. The Morgan fingerprint density at radius 1 is 0.913 bits per heavy atom. The first kappa shape index (κ1) is 14.9. The van der Waals surface area contributed by atoms with Crippen molar-refractivity contribution in [2.75, 3.05) is 13.2 Å². The second kappa shape index (κ2) is 7.31. The molecule has 0 aliphatic rings. The quantitative estimate of drug-likeness (QED) is 0.710. The summed E-state index contributed by atoms with van der Waals surface area (Å²) in [6.07, 6.45) is 3.94. The van der Waals surface area contributed by atoms with Gasteiger partial charge in [0.05, 0.1) is 6.54 Å². The van der Waals surface area contributed by atoms with Gasteiger partial charge in [0.15, 0.2) is 0 Å². The van der Waals surface area contributed by atoms with Crippen LogP contribution in [0.5, 0.6) is 5.75 Å². The van der Waals surface area contributed by atoms with Gasteiger partial charge in [-0.05, 0) is 48.5 Å². The first-order valence-electron chi connectivity index (χ1n) is 7.52. The molecule has 0 bridgehead atoms. The Morgan fingerprint density at radius 3 is 2.30 bits per heavy atom. The lowest BCUT2D eigenvalue weighted by atomic mass is 10.2. The van der Waals surface area contributed by atoms with Crippen LogP contribution < -0.4 is 10.1 Å². The van der Waals surface area contributed by atoms with E-state index in [-0.39, 0.29) is 5.91 Å². The molecule has 2 aromatic carbocycles. The Labute approximate surface area is 135 Å². The van der Waals surface area contributed by atoms with Gasteiger partial charge in [-0.3, -0.25) is 4.79 Å². The Kier molecular flexibility index (Phi) is 4.74. The number of amides is 1. The van der Waals surface area contributed by atoms with Crippen molar-refractivity contribution in [1.29, 1.82) is 0 Å². The Balaban J connectivity index is 1.48. The highest BCUT2D eigenvalue weighted by atomic mass is 16.5. The predicted octanol–water partition coefficient (Wildman–Crippen LogP) is 3.29. The minimum absolute atomic E-state index is 0.0966. The van der Waals surface area contributed by atoms with E-state index in [1.54, 1.807) is 0 Å². The minimum Gasteiger partial charge on any atom is -0.492 e. The maximum Gasteiger partial charge on any atom is 0.251 e. The zero-order valence-electron chi connectivity index (χ0n) is 12.7. The van der Waals surface area contributed by atoms with Crippen LogP contribution in [0.2, 0.25) is 0 Å². The Bertz CT molecular complexity index is 735. The molecule has 3 aromatic rings. The molecule has 0 saturated carbocycles. The summed E-state index contributed by atoms with van der Waals surface area (Å²) < 4.78 is 7.54. The number of hydrogen-bond donors (Lipinski definition) is 1. The normalized spacial score (nSPS) is 10.3. The minimum atomic E-state index is -0.0966. The number of nitrogens with zero attached hydrogens (tertiary/aromatic N) is 1. The van der Waals surface area contributed by atoms with Gasteiger partial charge in [0, 0.05) is 23.6 Å². The number of nitrogens with one attached hydrogen (secondary N) is 1. The third kappa shape index (κ3) is 4.01. The predicted molar refractivity (Wildman–Crippen MR) is 90.0 cm³/mol. The molecule has 3 rings (SSSR count). The fourth-order valence-corrected chi connectivity index (χ4v) is 2.24. The third-order valence-electron chi connectivity index (χ3n) is 3.43. The number of carbonyl (C=O) groups is 1. The lowest BCUT2D eigenvalue weighted by Gasteiger charge is -2.08. The number of hydrogen-bond acceptors (Lipinski definition) is 2. The molecule has 0 aliphatic heterocycles. The van der Waals surface area contributed by atoms with Crippen LogP contribution in [0.4, 0.5) is 0 Å². The van der Waals surface area contributed by atoms with Crippen LogP contribution in [-0.4, -0.2) is 23.6 Å². The number of aromatic nitrogens is 1. The fraction of sp³-hybridized carbons (Fsp3) is 0.105. The monoisotopic (exact) mass is 306 g/mol. The summed E-state index contributed by atoms with van der Waals surface area (Å²) in [6, 6.07) is 21.0. The van der Waals surface area contributed by atoms with Gasteiger partial charge in [-0.1, -0.05) is 18.2 Å². The summed E-state index contributed by atoms with van der Waals surface area (Å²) in [5, 5.41) is 2.85. The van der Waals surface area contributed by atoms with Crippen molar-refractivity contribution >= 4 is 5.91 Å². The molecule has 1 N–H and O–H groups in total. The van der Waals surface area contributed by atoms with Crippen molar-refractivity contribution in [2.45, 2.75) is 0 Å². The van der Waals surface area contributed by atoms with Crippen LogP contribution in [-0.2, 0) is 0 Å². The first-order chi connectivity index (χ1) is 11.3. The van der Waals surface area contributed by atoms with Crippen LogP contribution in [0.1, 0.15) is 10.4 Å². The van der Waals surface area contributed by atoms with Gasteiger partial charge in [-0.2, -0.15) is 0 Å². The highest BCUT2D eigenvalue weighted by molar-refractivity contribution is 5.94. The van der Waals surface area contributed by atoms with Crippen LogP contribution in [0, 0.1) is 0 Å². The van der Waals surface area contributed by atoms with Gasteiger partial charge in [-0.15, -0.1) is 0 Å². The summed E-state index contributed by atoms with van der Waals surface area (Å²) in [4.78, 5) is 12.1. The van der Waals surface area contributed by atoms with Gasteiger partial charge < -0.3 is 14.6 Å². The summed E-state index contributed by atoms with van der Waals surface area (Å²) in [5.41, 5.74) is 1.67. The topological polar surface area (TPSA) is 43.3 Å². The van der Waals surface area contributed by atoms with Crippen LogP contribution in [0.3, 0.4) is 0 Å². The summed E-state index contributed by atoms with van der Waals surface area (Å²) in [7, 11) is 0. The molecule has 1 aromatic heterocycles. The second-order valence-electron chi connectivity index (χ2n) is 5.05. The van der Waals surface area contributed by atoms with Gasteiger partial charge in [0.1, 0.15) is 12.4 Å². The molecular weight excluding hydrogens is 288 g/mol. The lowest BCUT2D eigenvalue weighted by molar-refractivity contribution is 0.0947. The SMILES string of the molecule is O=C(NCCOc1ccccc1)c1ccc(-n2cccc2)cc1. The average Bonchev–Trinajstić information content (AvgIpc) is 3.14. The molecular formula is C19H18N2O2. The van der Waals surface area contributed by atoms with E-state index in [1.807, 2.05) is 83.7 Å². The molecule has 0 radical (unpaired) electrons. The molecule has 1 heterocycles. The number of benzene rings is 2. The molecule has 4 heteroatoms. The molecule has 116 valence electrons. The van der Waals surface area contributed by atoms with Crippen LogP contribution in [0.25, 0.3) is 5.69 Å². The molecule has 0 saturated heterocycles. The van der Waals surface area contributed by atoms with Gasteiger partial charge in [0.25, 0.3) is 5.91 Å². The third-order valence-corrected chi connectivity index (χ3v) is 3.43.